The van der Waals surface area contributed by atoms with Crippen molar-refractivity contribution < 1.29 is 32.6 Å². The molecule has 1 aliphatic heterocycles. The van der Waals surface area contributed by atoms with Gasteiger partial charge in [0.1, 0.15) is 6.61 Å². The fourth-order valence-corrected chi connectivity index (χ4v) is 2.57. The standard InChI is InChI=1S/C15H16F3NO4/c16-15(17,18)12-6-7-19(8-11(12)13(20)21)14(22)23-9-10-4-2-1-3-5-10/h1-5,11-12H,6-9H2,(H,20,21). The lowest BCUT2D eigenvalue weighted by atomic mass is 9.85. The van der Waals surface area contributed by atoms with Crippen LogP contribution >= 0.6 is 0 Å². The largest absolute Gasteiger partial charge is 0.481 e. The van der Waals surface area contributed by atoms with Crippen molar-refractivity contribution in [2.24, 2.45) is 11.8 Å². The second kappa shape index (κ2) is 6.89. The number of piperidine rings is 1. The van der Waals surface area contributed by atoms with Crippen molar-refractivity contribution in [2.75, 3.05) is 13.1 Å². The molecule has 5 nitrogen and oxygen atoms in total. The maximum atomic E-state index is 12.9. The topological polar surface area (TPSA) is 66.8 Å². The number of amides is 1. The normalized spacial score (nSPS) is 21.8. The van der Waals surface area contributed by atoms with E-state index in [0.29, 0.717) is 0 Å². The maximum absolute atomic E-state index is 12.9. The molecule has 1 aromatic carbocycles. The summed E-state index contributed by atoms with van der Waals surface area (Å²) in [6, 6.07) is 8.80. The molecule has 1 heterocycles. The average molecular weight is 331 g/mol. The number of halogens is 3. The van der Waals surface area contributed by atoms with E-state index in [2.05, 4.69) is 0 Å². The number of hydrogen-bond acceptors (Lipinski definition) is 3. The Hall–Kier alpha value is -2.25. The Labute approximate surface area is 130 Å². The first-order chi connectivity index (χ1) is 10.8. The molecular formula is C15H16F3NO4. The van der Waals surface area contributed by atoms with Gasteiger partial charge in [0.2, 0.25) is 0 Å². The molecule has 1 aromatic rings. The highest BCUT2D eigenvalue weighted by Crippen LogP contribution is 2.38. The molecule has 0 bridgehead atoms. The fraction of sp³-hybridized carbons (Fsp3) is 0.467. The van der Waals surface area contributed by atoms with Gasteiger partial charge < -0.3 is 14.7 Å². The molecule has 0 radical (unpaired) electrons. The highest BCUT2D eigenvalue weighted by atomic mass is 19.4. The third kappa shape index (κ3) is 4.37. The van der Waals surface area contributed by atoms with Crippen LogP contribution in [0, 0.1) is 11.8 Å². The Kier molecular flexibility index (Phi) is 5.12. The van der Waals surface area contributed by atoms with E-state index in [0.717, 1.165) is 10.5 Å². The average Bonchev–Trinajstić information content (AvgIpc) is 2.52. The fourth-order valence-electron chi connectivity index (χ4n) is 2.57. The van der Waals surface area contributed by atoms with E-state index in [-0.39, 0.29) is 13.2 Å². The predicted molar refractivity (Wildman–Crippen MR) is 73.5 cm³/mol. The molecule has 0 aliphatic carbocycles. The van der Waals surface area contributed by atoms with Gasteiger partial charge in [0, 0.05) is 13.1 Å². The molecule has 2 rings (SSSR count). The second-order valence-electron chi connectivity index (χ2n) is 5.37. The van der Waals surface area contributed by atoms with Crippen LogP contribution in [0.2, 0.25) is 0 Å². The molecule has 1 saturated heterocycles. The minimum absolute atomic E-state index is 0.0173. The van der Waals surface area contributed by atoms with Crippen LogP contribution in [0.3, 0.4) is 0 Å². The van der Waals surface area contributed by atoms with Gasteiger partial charge in [-0.2, -0.15) is 13.2 Å². The summed E-state index contributed by atoms with van der Waals surface area (Å²) >= 11 is 0. The van der Waals surface area contributed by atoms with Gasteiger partial charge in [-0.1, -0.05) is 30.3 Å². The van der Waals surface area contributed by atoms with Crippen molar-refractivity contribution in [3.05, 3.63) is 35.9 Å². The number of benzene rings is 1. The summed E-state index contributed by atoms with van der Waals surface area (Å²) in [7, 11) is 0. The molecule has 126 valence electrons. The van der Waals surface area contributed by atoms with Gasteiger partial charge in [0.05, 0.1) is 11.8 Å². The van der Waals surface area contributed by atoms with Crippen molar-refractivity contribution in [3.63, 3.8) is 0 Å². The number of likely N-dealkylation sites (tertiary alicyclic amines) is 1. The molecule has 0 spiro atoms. The number of carboxylic acids is 1. The number of carboxylic acid groups (broad SMARTS) is 1. The van der Waals surface area contributed by atoms with Crippen LogP contribution in [0.25, 0.3) is 0 Å². The molecule has 2 atom stereocenters. The van der Waals surface area contributed by atoms with Crippen LogP contribution in [0.1, 0.15) is 12.0 Å². The lowest BCUT2D eigenvalue weighted by molar-refractivity contribution is -0.205. The number of nitrogens with zero attached hydrogens (tertiary/aromatic N) is 1. The van der Waals surface area contributed by atoms with Gasteiger partial charge in [0.15, 0.2) is 0 Å². The highest BCUT2D eigenvalue weighted by molar-refractivity contribution is 5.73. The third-order valence-corrected chi connectivity index (χ3v) is 3.81. The molecule has 1 N–H and O–H groups in total. The Morgan fingerprint density at radius 2 is 1.91 bits per heavy atom. The van der Waals surface area contributed by atoms with E-state index in [1.54, 1.807) is 30.3 Å². The Morgan fingerprint density at radius 3 is 2.48 bits per heavy atom. The van der Waals surface area contributed by atoms with Gasteiger partial charge >= 0.3 is 18.2 Å². The summed E-state index contributed by atoms with van der Waals surface area (Å²) in [5, 5.41) is 9.00. The van der Waals surface area contributed by atoms with Crippen molar-refractivity contribution in [1.29, 1.82) is 0 Å². The minimum Gasteiger partial charge on any atom is -0.481 e. The summed E-state index contributed by atoms with van der Waals surface area (Å²) < 4.78 is 43.6. The number of ether oxygens (including phenoxy) is 1. The van der Waals surface area contributed by atoms with E-state index in [9.17, 15) is 22.8 Å². The molecule has 1 fully saturated rings. The maximum Gasteiger partial charge on any atom is 0.410 e. The molecule has 0 saturated carbocycles. The van der Waals surface area contributed by atoms with Crippen molar-refractivity contribution in [1.82, 2.24) is 4.90 Å². The van der Waals surface area contributed by atoms with Gasteiger partial charge in [-0.25, -0.2) is 4.79 Å². The van der Waals surface area contributed by atoms with E-state index >= 15 is 0 Å². The highest BCUT2D eigenvalue weighted by Gasteiger charge is 2.50. The molecule has 1 aliphatic rings. The first-order valence-corrected chi connectivity index (χ1v) is 7.04. The van der Waals surface area contributed by atoms with E-state index in [4.69, 9.17) is 9.84 Å². The SMILES string of the molecule is O=C(O)C1CN(C(=O)OCc2ccccc2)CCC1C(F)(F)F. The number of carbonyl (C=O) groups excluding carboxylic acids is 1. The summed E-state index contributed by atoms with van der Waals surface area (Å²) in [6.45, 7) is -0.703. The van der Waals surface area contributed by atoms with Crippen molar-refractivity contribution >= 4 is 12.1 Å². The zero-order chi connectivity index (χ0) is 17.0. The summed E-state index contributed by atoms with van der Waals surface area (Å²) in [4.78, 5) is 24.0. The van der Waals surface area contributed by atoms with Gasteiger partial charge in [-0.05, 0) is 12.0 Å². The second-order valence-corrected chi connectivity index (χ2v) is 5.37. The zero-order valence-corrected chi connectivity index (χ0v) is 12.1. The molecule has 1 amide bonds. The number of carbonyl (C=O) groups is 2. The van der Waals surface area contributed by atoms with Crippen LogP contribution in [0.4, 0.5) is 18.0 Å². The lowest BCUT2D eigenvalue weighted by Crippen LogP contribution is -2.50. The first kappa shape index (κ1) is 17.1. The van der Waals surface area contributed by atoms with Crippen LogP contribution in [-0.2, 0) is 16.1 Å². The monoisotopic (exact) mass is 331 g/mol. The van der Waals surface area contributed by atoms with Gasteiger partial charge in [-0.3, -0.25) is 4.79 Å². The van der Waals surface area contributed by atoms with E-state index in [1.807, 2.05) is 0 Å². The molecule has 8 heteroatoms. The quantitative estimate of drug-likeness (QED) is 0.925. The Morgan fingerprint density at radius 1 is 1.26 bits per heavy atom. The molecule has 0 aromatic heterocycles. The van der Waals surface area contributed by atoms with Crippen LogP contribution in [0.15, 0.2) is 30.3 Å². The predicted octanol–water partition coefficient (Wildman–Crippen LogP) is 2.91. The van der Waals surface area contributed by atoms with Crippen LogP contribution in [0.5, 0.6) is 0 Å². The van der Waals surface area contributed by atoms with Gasteiger partial charge in [-0.15, -0.1) is 0 Å². The van der Waals surface area contributed by atoms with Crippen LogP contribution in [-0.4, -0.2) is 41.3 Å². The summed E-state index contributed by atoms with van der Waals surface area (Å²) in [6.07, 6.45) is -5.84. The smallest absolute Gasteiger partial charge is 0.410 e. The lowest BCUT2D eigenvalue weighted by Gasteiger charge is -2.36. The summed E-state index contributed by atoms with van der Waals surface area (Å²) in [5.74, 6) is -5.18. The number of hydrogen-bond donors (Lipinski definition) is 1. The van der Waals surface area contributed by atoms with Crippen LogP contribution < -0.4 is 0 Å². The van der Waals surface area contributed by atoms with Crippen molar-refractivity contribution in [2.45, 2.75) is 19.2 Å². The molecule has 23 heavy (non-hydrogen) atoms. The van der Waals surface area contributed by atoms with E-state index in [1.165, 1.54) is 0 Å². The molecule has 2 unspecified atom stereocenters. The Balaban J connectivity index is 1.96. The summed E-state index contributed by atoms with van der Waals surface area (Å²) in [5.41, 5.74) is 0.737. The number of alkyl halides is 3. The number of aliphatic carboxylic acids is 1. The first-order valence-electron chi connectivity index (χ1n) is 7.04. The Bertz CT molecular complexity index is 562. The zero-order valence-electron chi connectivity index (χ0n) is 12.1. The third-order valence-electron chi connectivity index (χ3n) is 3.81. The number of rotatable bonds is 3. The van der Waals surface area contributed by atoms with Crippen molar-refractivity contribution in [3.8, 4) is 0 Å². The minimum atomic E-state index is -4.59. The van der Waals surface area contributed by atoms with Gasteiger partial charge in [0.25, 0.3) is 0 Å². The van der Waals surface area contributed by atoms with E-state index < -0.39 is 43.0 Å². The molecular weight excluding hydrogens is 315 g/mol.